The predicted octanol–water partition coefficient (Wildman–Crippen LogP) is 2.93. The van der Waals surface area contributed by atoms with Crippen molar-refractivity contribution in [2.45, 2.75) is 64.6 Å². The van der Waals surface area contributed by atoms with E-state index in [0.717, 1.165) is 6.92 Å². The highest BCUT2D eigenvalue weighted by atomic mass is 19.3. The molecule has 0 spiro atoms. The van der Waals surface area contributed by atoms with E-state index in [2.05, 4.69) is 15.3 Å². The van der Waals surface area contributed by atoms with Crippen LogP contribution in [0.2, 0.25) is 0 Å². The van der Waals surface area contributed by atoms with Gasteiger partial charge in [0.05, 0.1) is 12.1 Å². The van der Waals surface area contributed by atoms with E-state index in [4.69, 9.17) is 9.47 Å². The molecular weight excluding hydrogens is 280 g/mol. The maximum atomic E-state index is 13.2. The molecule has 1 aliphatic heterocycles. The average Bonchev–Trinajstić information content (AvgIpc) is 2.62. The molecular formula is C14H21F2N3O2. The molecule has 1 fully saturated rings. The highest BCUT2D eigenvalue weighted by Crippen LogP contribution is 2.30. The van der Waals surface area contributed by atoms with Gasteiger partial charge in [-0.15, -0.1) is 0 Å². The summed E-state index contributed by atoms with van der Waals surface area (Å²) in [5.74, 6) is -3.87. The van der Waals surface area contributed by atoms with Crippen molar-refractivity contribution in [2.75, 3.05) is 5.32 Å². The van der Waals surface area contributed by atoms with E-state index in [1.165, 1.54) is 6.20 Å². The Bertz CT molecular complexity index is 505. The van der Waals surface area contributed by atoms with E-state index in [1.54, 1.807) is 6.07 Å². The number of nitrogens with one attached hydrogen (secondary N) is 1. The highest BCUT2D eigenvalue weighted by molar-refractivity contribution is 5.35. The lowest BCUT2D eigenvalue weighted by Crippen LogP contribution is -2.37. The quantitative estimate of drug-likeness (QED) is 0.926. The van der Waals surface area contributed by atoms with Gasteiger partial charge in [-0.25, -0.2) is 9.97 Å². The fraction of sp³-hybridized carbons (Fsp3) is 0.714. The van der Waals surface area contributed by atoms with Crippen molar-refractivity contribution in [2.24, 2.45) is 0 Å². The minimum Gasteiger partial charge on any atom is -0.365 e. The highest BCUT2D eigenvalue weighted by Gasteiger charge is 2.41. The van der Waals surface area contributed by atoms with Crippen molar-refractivity contribution in [3.63, 3.8) is 0 Å². The molecule has 1 saturated heterocycles. The number of aromatic nitrogens is 2. The second kappa shape index (κ2) is 5.46. The first kappa shape index (κ1) is 16.0. The van der Waals surface area contributed by atoms with Gasteiger partial charge < -0.3 is 14.8 Å². The fourth-order valence-electron chi connectivity index (χ4n) is 2.44. The topological polar surface area (TPSA) is 56.3 Å². The molecule has 0 saturated carbocycles. The molecule has 1 aliphatic rings. The molecule has 0 unspecified atom stereocenters. The molecule has 2 rings (SSSR count). The second-order valence-electron chi connectivity index (χ2n) is 5.89. The van der Waals surface area contributed by atoms with Gasteiger partial charge in [0, 0.05) is 13.1 Å². The van der Waals surface area contributed by atoms with Crippen LogP contribution in [0.1, 0.15) is 40.4 Å². The molecule has 1 aromatic heterocycles. The third kappa shape index (κ3) is 3.85. The van der Waals surface area contributed by atoms with Crippen LogP contribution in [-0.2, 0) is 15.4 Å². The Balaban J connectivity index is 2.08. The summed E-state index contributed by atoms with van der Waals surface area (Å²) in [5, 5.41) is 3.08. The van der Waals surface area contributed by atoms with E-state index < -0.39 is 17.5 Å². The van der Waals surface area contributed by atoms with Crippen molar-refractivity contribution in [1.82, 2.24) is 9.97 Å². The predicted molar refractivity (Wildman–Crippen MR) is 74.2 cm³/mol. The van der Waals surface area contributed by atoms with E-state index in [9.17, 15) is 8.78 Å². The van der Waals surface area contributed by atoms with Crippen molar-refractivity contribution >= 4 is 5.82 Å². The van der Waals surface area contributed by atoms with Gasteiger partial charge in [0.2, 0.25) is 0 Å². The number of anilines is 1. The summed E-state index contributed by atoms with van der Waals surface area (Å²) in [6.07, 6.45) is 1.02. The summed E-state index contributed by atoms with van der Waals surface area (Å²) < 4.78 is 38.0. The molecule has 21 heavy (non-hydrogen) atoms. The molecule has 2 heterocycles. The van der Waals surface area contributed by atoms with Crippen LogP contribution >= 0.6 is 0 Å². The van der Waals surface area contributed by atoms with Crippen LogP contribution in [0, 0.1) is 0 Å². The summed E-state index contributed by atoms with van der Waals surface area (Å²) in [6.45, 7) is 8.28. The van der Waals surface area contributed by atoms with Crippen molar-refractivity contribution in [3.8, 4) is 0 Å². The van der Waals surface area contributed by atoms with Gasteiger partial charge in [-0.3, -0.25) is 0 Å². The minimum atomic E-state index is -3.07. The van der Waals surface area contributed by atoms with E-state index in [0.29, 0.717) is 5.82 Å². The summed E-state index contributed by atoms with van der Waals surface area (Å²) in [6, 6.07) is 1.41. The van der Waals surface area contributed by atoms with Gasteiger partial charge in [0.15, 0.2) is 11.6 Å². The molecule has 0 radical (unpaired) electrons. The first-order chi connectivity index (χ1) is 9.58. The number of alkyl halides is 2. The van der Waals surface area contributed by atoms with E-state index in [1.807, 2.05) is 27.7 Å². The van der Waals surface area contributed by atoms with Gasteiger partial charge in [-0.2, -0.15) is 8.78 Å². The van der Waals surface area contributed by atoms with Crippen LogP contribution < -0.4 is 5.32 Å². The number of halogens is 2. The number of hydrogen-bond acceptors (Lipinski definition) is 5. The Labute approximate surface area is 123 Å². The smallest absolute Gasteiger partial charge is 0.303 e. The lowest BCUT2D eigenvalue weighted by molar-refractivity contribution is -0.145. The molecule has 1 N–H and O–H groups in total. The van der Waals surface area contributed by atoms with Gasteiger partial charge in [0.25, 0.3) is 0 Å². The Kier molecular flexibility index (Phi) is 4.17. The van der Waals surface area contributed by atoms with Gasteiger partial charge in [-0.05, 0) is 33.8 Å². The normalized spacial score (nSPS) is 26.6. The number of rotatable bonds is 4. The maximum Gasteiger partial charge on any atom is 0.303 e. The second-order valence-corrected chi connectivity index (χ2v) is 5.89. The largest absolute Gasteiger partial charge is 0.365 e. The lowest BCUT2D eigenvalue weighted by atomic mass is 10.1. The van der Waals surface area contributed by atoms with Crippen LogP contribution in [0.25, 0.3) is 0 Å². The van der Waals surface area contributed by atoms with Crippen LogP contribution in [0.15, 0.2) is 12.3 Å². The lowest BCUT2D eigenvalue weighted by Gasteiger charge is -2.24. The molecule has 5 nitrogen and oxygen atoms in total. The maximum absolute atomic E-state index is 13.2. The first-order valence-electron chi connectivity index (χ1n) is 6.92. The summed E-state index contributed by atoms with van der Waals surface area (Å²) in [5.41, 5.74) is 0. The molecule has 0 bridgehead atoms. The minimum absolute atomic E-state index is 0.101. The van der Waals surface area contributed by atoms with Gasteiger partial charge >= 0.3 is 5.92 Å². The standard InChI is InChI=1S/C14H21F2N3O2/c1-8(11-9(2)20-13(3,4)21-11)18-10-6-7-17-12(19-10)14(5,15)16/h6-9,11H,1-5H3,(H,17,18,19)/t8-,9-,11+/m0/s1. The third-order valence-corrected chi connectivity index (χ3v) is 3.27. The Hall–Kier alpha value is -1.34. The van der Waals surface area contributed by atoms with Gasteiger partial charge in [-0.1, -0.05) is 0 Å². The third-order valence-electron chi connectivity index (χ3n) is 3.27. The Morgan fingerprint density at radius 3 is 2.57 bits per heavy atom. The number of ether oxygens (including phenoxy) is 2. The van der Waals surface area contributed by atoms with Crippen molar-refractivity contribution in [3.05, 3.63) is 18.1 Å². The summed E-state index contributed by atoms with van der Waals surface area (Å²) in [4.78, 5) is 7.44. The molecule has 1 aromatic rings. The summed E-state index contributed by atoms with van der Waals surface area (Å²) >= 11 is 0. The van der Waals surface area contributed by atoms with Crippen LogP contribution in [0.5, 0.6) is 0 Å². The van der Waals surface area contributed by atoms with E-state index >= 15 is 0 Å². The first-order valence-corrected chi connectivity index (χ1v) is 6.92. The molecule has 0 amide bonds. The average molecular weight is 301 g/mol. The fourth-order valence-corrected chi connectivity index (χ4v) is 2.44. The van der Waals surface area contributed by atoms with Crippen molar-refractivity contribution in [1.29, 1.82) is 0 Å². The number of nitrogens with zero attached hydrogens (tertiary/aromatic N) is 2. The molecule has 0 aromatic carbocycles. The zero-order valence-electron chi connectivity index (χ0n) is 12.9. The Morgan fingerprint density at radius 2 is 2.05 bits per heavy atom. The van der Waals surface area contributed by atoms with Crippen LogP contribution in [-0.4, -0.2) is 34.0 Å². The van der Waals surface area contributed by atoms with Crippen LogP contribution in [0.4, 0.5) is 14.6 Å². The van der Waals surface area contributed by atoms with Crippen LogP contribution in [0.3, 0.4) is 0 Å². The monoisotopic (exact) mass is 301 g/mol. The molecule has 7 heteroatoms. The molecule has 118 valence electrons. The number of hydrogen-bond donors (Lipinski definition) is 1. The Morgan fingerprint density at radius 1 is 1.38 bits per heavy atom. The molecule has 0 aliphatic carbocycles. The summed E-state index contributed by atoms with van der Waals surface area (Å²) in [7, 11) is 0. The molecule has 3 atom stereocenters. The van der Waals surface area contributed by atoms with Gasteiger partial charge in [0.1, 0.15) is 11.9 Å². The zero-order chi connectivity index (χ0) is 15.8. The van der Waals surface area contributed by atoms with E-state index in [-0.39, 0.29) is 18.2 Å². The van der Waals surface area contributed by atoms with Crippen molar-refractivity contribution < 1.29 is 18.3 Å². The zero-order valence-corrected chi connectivity index (χ0v) is 12.9. The SMILES string of the molecule is C[C@H](Nc1ccnc(C(C)(F)F)n1)[C@H]1OC(C)(C)O[C@H]1C.